The molecular weight excluding hydrogens is 536 g/mol. The minimum Gasteiger partial charge on any atom is -0.507 e. The number of carbonyl (C=O) groups is 4. The van der Waals surface area contributed by atoms with Gasteiger partial charge in [-0.05, 0) is 55.3 Å². The number of thiazole rings is 1. The molecule has 40 heavy (non-hydrogen) atoms. The van der Waals surface area contributed by atoms with E-state index in [2.05, 4.69) is 11.9 Å². The number of anilines is 1. The minimum absolute atomic E-state index is 0.0840. The molecule has 11 heteroatoms. The zero-order valence-corrected chi connectivity index (χ0v) is 23.2. The van der Waals surface area contributed by atoms with Crippen molar-refractivity contribution in [2.24, 2.45) is 0 Å². The lowest BCUT2D eigenvalue weighted by Gasteiger charge is -2.23. The molecular formula is C29H28N2O8S. The highest BCUT2D eigenvalue weighted by Gasteiger charge is 2.48. The number of aromatic nitrogens is 1. The molecule has 0 saturated carbocycles. The first-order valence-electron chi connectivity index (χ1n) is 12.5. The van der Waals surface area contributed by atoms with Crippen molar-refractivity contribution >= 4 is 45.9 Å². The predicted octanol–water partition coefficient (Wildman–Crippen LogP) is 4.83. The number of esters is 2. The van der Waals surface area contributed by atoms with Crippen LogP contribution in [0.4, 0.5) is 5.13 Å². The third-order valence-electron chi connectivity index (χ3n) is 6.35. The van der Waals surface area contributed by atoms with Crippen molar-refractivity contribution in [3.8, 4) is 5.75 Å². The molecule has 4 rings (SSSR count). The smallest absolute Gasteiger partial charge is 0.350 e. The van der Waals surface area contributed by atoms with Gasteiger partial charge in [-0.3, -0.25) is 14.5 Å². The van der Waals surface area contributed by atoms with Gasteiger partial charge in [0.05, 0.1) is 43.7 Å². The van der Waals surface area contributed by atoms with E-state index < -0.39 is 29.7 Å². The monoisotopic (exact) mass is 564 g/mol. The van der Waals surface area contributed by atoms with Crippen LogP contribution in [0, 0.1) is 6.92 Å². The van der Waals surface area contributed by atoms with Gasteiger partial charge in [-0.1, -0.05) is 36.8 Å². The van der Waals surface area contributed by atoms with Gasteiger partial charge >= 0.3 is 17.8 Å². The van der Waals surface area contributed by atoms with E-state index in [0.29, 0.717) is 29.2 Å². The van der Waals surface area contributed by atoms with Gasteiger partial charge in [-0.25, -0.2) is 14.6 Å². The number of Topliss-reactive ketones (excluding diaryl/α,β-unsaturated/α-hetero) is 1. The molecule has 3 aromatic rings. The highest BCUT2D eigenvalue weighted by Crippen LogP contribution is 2.44. The fourth-order valence-corrected chi connectivity index (χ4v) is 5.24. The van der Waals surface area contributed by atoms with E-state index in [1.54, 1.807) is 43.3 Å². The van der Waals surface area contributed by atoms with E-state index in [0.717, 1.165) is 29.1 Å². The second kappa shape index (κ2) is 12.1. The molecule has 1 aliphatic rings. The molecule has 0 unspecified atom stereocenters. The number of ether oxygens (including phenoxy) is 3. The third-order valence-corrected chi connectivity index (χ3v) is 7.49. The summed E-state index contributed by atoms with van der Waals surface area (Å²) in [5.41, 5.74) is 1.16. The first kappa shape index (κ1) is 28.5. The number of hydrogen-bond acceptors (Lipinski definition) is 10. The Bertz CT molecular complexity index is 1470. The quantitative estimate of drug-likeness (QED) is 0.128. The minimum atomic E-state index is -1.09. The molecule has 0 spiro atoms. The van der Waals surface area contributed by atoms with Gasteiger partial charge in [-0.15, -0.1) is 0 Å². The maximum absolute atomic E-state index is 13.4. The van der Waals surface area contributed by atoms with Crippen molar-refractivity contribution in [1.82, 2.24) is 4.98 Å². The number of aliphatic hydroxyl groups excluding tert-OH is 1. The van der Waals surface area contributed by atoms with Crippen molar-refractivity contribution in [2.75, 3.05) is 25.7 Å². The summed E-state index contributed by atoms with van der Waals surface area (Å²) in [6, 6.07) is 11.6. The Balaban J connectivity index is 1.83. The number of methoxy groups -OCH3 is 2. The number of unbranched alkanes of at least 4 members (excludes halogenated alkanes) is 1. The molecule has 2 heterocycles. The van der Waals surface area contributed by atoms with E-state index >= 15 is 0 Å². The molecule has 1 aliphatic heterocycles. The number of aryl methyl sites for hydroxylation is 1. The molecule has 0 bridgehead atoms. The Morgan fingerprint density at radius 1 is 0.975 bits per heavy atom. The summed E-state index contributed by atoms with van der Waals surface area (Å²) in [6.07, 6.45) is 1.88. The average Bonchev–Trinajstić information content (AvgIpc) is 3.48. The van der Waals surface area contributed by atoms with Crippen LogP contribution in [-0.4, -0.2) is 54.5 Å². The van der Waals surface area contributed by atoms with E-state index in [-0.39, 0.29) is 26.9 Å². The van der Waals surface area contributed by atoms with Crippen LogP contribution < -0.4 is 9.64 Å². The van der Waals surface area contributed by atoms with E-state index in [1.165, 1.54) is 26.4 Å². The zero-order valence-electron chi connectivity index (χ0n) is 22.4. The molecule has 1 amide bonds. The lowest BCUT2D eigenvalue weighted by Crippen LogP contribution is -2.29. The number of rotatable bonds is 9. The van der Waals surface area contributed by atoms with Gasteiger partial charge < -0.3 is 19.3 Å². The fraction of sp³-hybridized carbons (Fsp3) is 0.276. The predicted molar refractivity (Wildman–Crippen MR) is 148 cm³/mol. The number of ketones is 1. The fourth-order valence-electron chi connectivity index (χ4n) is 4.23. The number of aliphatic hydroxyl groups is 1. The Morgan fingerprint density at radius 2 is 1.60 bits per heavy atom. The van der Waals surface area contributed by atoms with Gasteiger partial charge in [0.25, 0.3) is 5.78 Å². The number of nitrogens with zero attached hydrogens (tertiary/aromatic N) is 2. The molecule has 0 radical (unpaired) electrons. The van der Waals surface area contributed by atoms with Crippen molar-refractivity contribution in [1.29, 1.82) is 0 Å². The highest BCUT2D eigenvalue weighted by molar-refractivity contribution is 7.17. The molecule has 0 aliphatic carbocycles. The number of carbonyl (C=O) groups excluding carboxylic acids is 4. The maximum atomic E-state index is 13.4. The summed E-state index contributed by atoms with van der Waals surface area (Å²) in [7, 11) is 2.49. The summed E-state index contributed by atoms with van der Waals surface area (Å²) < 4.78 is 15.3. The van der Waals surface area contributed by atoms with Crippen molar-refractivity contribution in [3.05, 3.63) is 81.4 Å². The summed E-state index contributed by atoms with van der Waals surface area (Å²) in [6.45, 7) is 4.20. The van der Waals surface area contributed by atoms with Gasteiger partial charge in [0.2, 0.25) is 0 Å². The maximum Gasteiger partial charge on any atom is 0.350 e. The molecule has 10 nitrogen and oxygen atoms in total. The zero-order chi connectivity index (χ0) is 29.0. The standard InChI is InChI=1S/C29H28N2O8S/c1-5-6-15-39-20-13-11-18(12-14-20)23(32)21-22(17-7-9-19(10-8-17)27(35)37-3)31(26(34)24(21)33)29-30-16(2)25(40-29)28(36)38-4/h7-14,22,32H,5-6,15H2,1-4H3/t22-/m0/s1. The largest absolute Gasteiger partial charge is 0.507 e. The van der Waals surface area contributed by atoms with Crippen molar-refractivity contribution in [3.63, 3.8) is 0 Å². The number of amides is 1. The third kappa shape index (κ3) is 5.46. The van der Waals surface area contributed by atoms with E-state index in [1.807, 2.05) is 0 Å². The second-order valence-electron chi connectivity index (χ2n) is 8.91. The van der Waals surface area contributed by atoms with E-state index in [4.69, 9.17) is 14.2 Å². The molecule has 1 N–H and O–H groups in total. The van der Waals surface area contributed by atoms with Gasteiger partial charge in [0.1, 0.15) is 16.4 Å². The summed E-state index contributed by atoms with van der Waals surface area (Å²) in [5, 5.41) is 11.4. The Labute approximate surface area is 234 Å². The van der Waals surface area contributed by atoms with Crippen LogP contribution >= 0.6 is 11.3 Å². The van der Waals surface area contributed by atoms with Crippen LogP contribution in [0.25, 0.3) is 5.76 Å². The highest BCUT2D eigenvalue weighted by atomic mass is 32.1. The van der Waals surface area contributed by atoms with Crippen molar-refractivity contribution in [2.45, 2.75) is 32.7 Å². The van der Waals surface area contributed by atoms with Crippen LogP contribution in [-0.2, 0) is 19.1 Å². The summed E-state index contributed by atoms with van der Waals surface area (Å²) in [5.74, 6) is -2.81. The van der Waals surface area contributed by atoms with Crippen LogP contribution in [0.5, 0.6) is 5.75 Å². The Hall–Kier alpha value is -4.51. The molecule has 2 aromatic carbocycles. The molecule has 208 valence electrons. The SMILES string of the molecule is CCCCOc1ccc(C(O)=C2C(=O)C(=O)N(c3nc(C)c(C(=O)OC)s3)[C@H]2c2ccc(C(=O)OC)cc2)cc1. The van der Waals surface area contributed by atoms with Crippen molar-refractivity contribution < 1.29 is 38.5 Å². The van der Waals surface area contributed by atoms with Crippen LogP contribution in [0.15, 0.2) is 54.1 Å². The normalized spacial score (nSPS) is 16.2. The van der Waals surface area contributed by atoms with Gasteiger partial charge in [-0.2, -0.15) is 0 Å². The molecule has 1 fully saturated rings. The average molecular weight is 565 g/mol. The lowest BCUT2D eigenvalue weighted by atomic mass is 9.94. The first-order chi connectivity index (χ1) is 19.2. The number of hydrogen-bond donors (Lipinski definition) is 1. The van der Waals surface area contributed by atoms with Crippen LogP contribution in [0.2, 0.25) is 0 Å². The van der Waals surface area contributed by atoms with Crippen LogP contribution in [0.1, 0.15) is 62.7 Å². The Kier molecular flexibility index (Phi) is 8.64. The van der Waals surface area contributed by atoms with E-state index in [9.17, 15) is 24.3 Å². The second-order valence-corrected chi connectivity index (χ2v) is 9.89. The Morgan fingerprint density at radius 3 is 2.20 bits per heavy atom. The first-order valence-corrected chi connectivity index (χ1v) is 13.3. The summed E-state index contributed by atoms with van der Waals surface area (Å²) >= 11 is 0.899. The number of benzene rings is 2. The van der Waals surface area contributed by atoms with Gasteiger partial charge in [0, 0.05) is 5.56 Å². The van der Waals surface area contributed by atoms with Gasteiger partial charge in [0.15, 0.2) is 5.13 Å². The molecule has 1 atom stereocenters. The van der Waals surface area contributed by atoms with Crippen LogP contribution in [0.3, 0.4) is 0 Å². The topological polar surface area (TPSA) is 132 Å². The lowest BCUT2D eigenvalue weighted by molar-refractivity contribution is -0.132. The molecule has 1 saturated heterocycles. The summed E-state index contributed by atoms with van der Waals surface area (Å²) in [4.78, 5) is 56.7. The molecule has 1 aromatic heterocycles.